The Kier molecular flexibility index (Phi) is 9.14. The Labute approximate surface area is 366 Å². The largest absolute Gasteiger partial charge is 0.437 e. The first-order chi connectivity index (χ1) is 30.3. The number of hydrogen-bond donors (Lipinski definition) is 0. The van der Waals surface area contributed by atoms with Crippen molar-refractivity contribution in [3.05, 3.63) is 227 Å². The lowest BCUT2D eigenvalue weighted by molar-refractivity contribution is 0.542. The zero-order chi connectivity index (χ0) is 42.0. The van der Waals surface area contributed by atoms with Crippen LogP contribution in [0.1, 0.15) is 42.9 Å². The van der Waals surface area contributed by atoms with Crippen LogP contribution >= 0.6 is 11.3 Å². The first-order valence-corrected chi connectivity index (χ1v) is 22.1. The molecule has 0 aliphatic heterocycles. The van der Waals surface area contributed by atoms with Gasteiger partial charge in [0.25, 0.3) is 0 Å². The van der Waals surface area contributed by atoms with Crippen LogP contribution in [0.25, 0.3) is 77.7 Å². The topological polar surface area (TPSA) is 29.3 Å². The molecule has 0 spiro atoms. The molecule has 1 atom stereocenters. The minimum absolute atomic E-state index is 0.151. The average Bonchev–Trinajstić information content (AvgIpc) is 3.96. The van der Waals surface area contributed by atoms with E-state index in [1.165, 1.54) is 64.7 Å². The molecule has 3 nitrogen and oxygen atoms in total. The van der Waals surface area contributed by atoms with Gasteiger partial charge in [-0.25, -0.2) is 4.98 Å². The summed E-state index contributed by atoms with van der Waals surface area (Å²) < 4.78 is 8.90. The molecule has 9 aromatic rings. The molecule has 62 heavy (non-hydrogen) atoms. The standard InChI is InChI=1S/C58H44N2OS/c1-37(35-54-38(2)61-57(59-54)43-27-25-40(26-28-43)39-15-7-5-8-16-39)60(45-33-34-49-48-19-11-12-24-52(48)58(3,4)53(49)36-45)44-31-29-42(30-32-44)47-21-14-23-51-50-22-13-20-46(55(50)62-56(47)51)41-17-9-6-10-18-41/h5-29,31-36,42H,1-2,30H2,3-4H3/b54-35+. The van der Waals surface area contributed by atoms with Crippen molar-refractivity contribution in [2.24, 2.45) is 0 Å². The third-order valence-electron chi connectivity index (χ3n) is 12.8. The van der Waals surface area contributed by atoms with E-state index in [1.54, 1.807) is 0 Å². The van der Waals surface area contributed by atoms with Crippen molar-refractivity contribution in [2.45, 2.75) is 31.6 Å². The summed E-state index contributed by atoms with van der Waals surface area (Å²) in [6, 6.07) is 58.6. The summed E-state index contributed by atoms with van der Waals surface area (Å²) in [7, 11) is 0. The number of benzene rings is 7. The first-order valence-electron chi connectivity index (χ1n) is 21.3. The van der Waals surface area contributed by atoms with Crippen LogP contribution in [0.3, 0.4) is 0 Å². The minimum Gasteiger partial charge on any atom is -0.437 e. The highest BCUT2D eigenvalue weighted by Crippen LogP contribution is 2.50. The van der Waals surface area contributed by atoms with Crippen molar-refractivity contribution in [3.8, 4) is 44.8 Å². The maximum Gasteiger partial charge on any atom is 0.227 e. The van der Waals surface area contributed by atoms with Crippen molar-refractivity contribution in [3.63, 3.8) is 0 Å². The average molecular weight is 817 g/mol. The van der Waals surface area contributed by atoms with Gasteiger partial charge in [0.05, 0.1) is 0 Å². The van der Waals surface area contributed by atoms with E-state index in [2.05, 4.69) is 201 Å². The summed E-state index contributed by atoms with van der Waals surface area (Å²) in [6.45, 7) is 13.6. The molecule has 0 saturated carbocycles. The molecular weight excluding hydrogens is 773 g/mol. The molecule has 2 aromatic heterocycles. The quantitative estimate of drug-likeness (QED) is 0.153. The maximum absolute atomic E-state index is 6.21. The number of oxazole rings is 1. The number of rotatable bonds is 8. The van der Waals surface area contributed by atoms with Crippen molar-refractivity contribution >= 4 is 49.9 Å². The maximum atomic E-state index is 6.21. The van der Waals surface area contributed by atoms with E-state index in [0.29, 0.717) is 16.7 Å². The van der Waals surface area contributed by atoms with Crippen LogP contribution in [-0.2, 0) is 5.41 Å². The molecule has 11 rings (SSSR count). The molecule has 7 aromatic carbocycles. The third-order valence-corrected chi connectivity index (χ3v) is 14.1. The van der Waals surface area contributed by atoms with Crippen LogP contribution in [0.4, 0.5) is 5.69 Å². The summed E-state index contributed by atoms with van der Waals surface area (Å²) in [5.74, 6) is 0.754. The number of hydrogen-bond acceptors (Lipinski definition) is 4. The Hall–Kier alpha value is -7.27. The van der Waals surface area contributed by atoms with Gasteiger partial charge in [-0.3, -0.25) is 0 Å². The smallest absolute Gasteiger partial charge is 0.227 e. The summed E-state index contributed by atoms with van der Waals surface area (Å²) in [4.78, 5) is 7.23. The van der Waals surface area contributed by atoms with E-state index in [1.807, 2.05) is 23.5 Å². The first kappa shape index (κ1) is 37.7. The minimum atomic E-state index is -0.151. The summed E-state index contributed by atoms with van der Waals surface area (Å²) in [5, 5.41) is 3.28. The molecule has 1 unspecified atom stereocenters. The predicted octanol–water partition coefficient (Wildman–Crippen LogP) is 14.2. The molecule has 0 radical (unpaired) electrons. The Morgan fingerprint density at radius 1 is 0.677 bits per heavy atom. The van der Waals surface area contributed by atoms with Gasteiger partial charge < -0.3 is 9.32 Å². The normalized spacial score (nSPS) is 15.4. The van der Waals surface area contributed by atoms with E-state index >= 15 is 0 Å². The van der Waals surface area contributed by atoms with Gasteiger partial charge >= 0.3 is 0 Å². The fraction of sp³-hybridized carbons (Fsp3) is 0.0862. The fourth-order valence-electron chi connectivity index (χ4n) is 9.55. The lowest BCUT2D eigenvalue weighted by atomic mass is 9.82. The van der Waals surface area contributed by atoms with Crippen molar-refractivity contribution < 1.29 is 4.42 Å². The molecule has 298 valence electrons. The van der Waals surface area contributed by atoms with Crippen molar-refractivity contribution in [1.82, 2.24) is 4.98 Å². The van der Waals surface area contributed by atoms with Crippen LogP contribution in [-0.4, -0.2) is 4.98 Å². The number of anilines is 1. The fourth-order valence-corrected chi connectivity index (χ4v) is 11.0. The van der Waals surface area contributed by atoms with Gasteiger partial charge in [0, 0.05) is 54.2 Å². The van der Waals surface area contributed by atoms with Crippen molar-refractivity contribution in [1.29, 1.82) is 0 Å². The summed E-state index contributed by atoms with van der Waals surface area (Å²) >= 11 is 1.91. The number of fused-ring (bicyclic) bond motifs is 6. The Bertz CT molecular complexity index is 3390. The second kappa shape index (κ2) is 15.0. The molecular formula is C58H44N2OS. The molecule has 2 heterocycles. The van der Waals surface area contributed by atoms with E-state index in [9.17, 15) is 0 Å². The number of nitrogens with zero attached hydrogens (tertiary/aromatic N) is 2. The van der Waals surface area contributed by atoms with E-state index in [-0.39, 0.29) is 11.3 Å². The summed E-state index contributed by atoms with van der Waals surface area (Å²) in [6.07, 6.45) is 9.87. The van der Waals surface area contributed by atoms with Crippen LogP contribution < -0.4 is 15.7 Å². The van der Waals surface area contributed by atoms with Crippen LogP contribution in [0, 0.1) is 0 Å². The highest BCUT2D eigenvalue weighted by Gasteiger charge is 2.36. The predicted molar refractivity (Wildman–Crippen MR) is 262 cm³/mol. The number of aromatic nitrogens is 1. The zero-order valence-corrected chi connectivity index (χ0v) is 35.6. The third kappa shape index (κ3) is 6.38. The number of thiophene rings is 1. The Balaban J connectivity index is 0.961. The van der Waals surface area contributed by atoms with Crippen LogP contribution in [0.5, 0.6) is 0 Å². The van der Waals surface area contributed by atoms with E-state index < -0.39 is 0 Å². The number of allylic oxidation sites excluding steroid dienone is 4. The van der Waals surface area contributed by atoms with Gasteiger partial charge in [-0.2, -0.15) is 0 Å². The highest BCUT2D eigenvalue weighted by atomic mass is 32.1. The molecule has 0 amide bonds. The summed E-state index contributed by atoms with van der Waals surface area (Å²) in [5.41, 5.74) is 15.6. The molecule has 4 heteroatoms. The van der Waals surface area contributed by atoms with Crippen molar-refractivity contribution in [2.75, 3.05) is 4.90 Å². The second-order valence-electron chi connectivity index (χ2n) is 16.8. The van der Waals surface area contributed by atoms with Gasteiger partial charge in [-0.1, -0.05) is 179 Å². The van der Waals surface area contributed by atoms with Gasteiger partial charge in [0.1, 0.15) is 10.8 Å². The monoisotopic (exact) mass is 816 g/mol. The lowest BCUT2D eigenvalue weighted by Gasteiger charge is -2.30. The zero-order valence-electron chi connectivity index (χ0n) is 34.8. The van der Waals surface area contributed by atoms with E-state index in [0.717, 1.165) is 34.6 Å². The highest BCUT2D eigenvalue weighted by molar-refractivity contribution is 7.26. The molecule has 0 N–H and O–H groups in total. The van der Waals surface area contributed by atoms with Gasteiger partial charge in [-0.05, 0) is 92.9 Å². The van der Waals surface area contributed by atoms with Gasteiger partial charge in [-0.15, -0.1) is 11.3 Å². The Morgan fingerprint density at radius 2 is 1.32 bits per heavy atom. The Morgan fingerprint density at radius 3 is 2.08 bits per heavy atom. The van der Waals surface area contributed by atoms with E-state index in [4.69, 9.17) is 16.0 Å². The molecule has 0 bridgehead atoms. The van der Waals surface area contributed by atoms with Crippen LogP contribution in [0.2, 0.25) is 0 Å². The molecule has 0 saturated heterocycles. The lowest BCUT2D eigenvalue weighted by Crippen LogP contribution is -2.26. The molecule has 0 fully saturated rings. The van der Waals surface area contributed by atoms with Gasteiger partial charge in [0.2, 0.25) is 5.89 Å². The SMILES string of the molecule is C=C(/C=c1/nc(-c2ccc(-c3ccccc3)cc2)oc1=C)N(C1=CCC(c2cccc3c2sc2c(-c4ccccc4)cccc23)C=C1)c1ccc2c(c1)C(C)(C)c1ccccc1-2. The molecule has 2 aliphatic rings. The van der Waals surface area contributed by atoms with Crippen LogP contribution in [0.15, 0.2) is 204 Å². The second-order valence-corrected chi connectivity index (χ2v) is 17.9. The molecule has 2 aliphatic carbocycles. The van der Waals surface area contributed by atoms with Gasteiger partial charge in [0.15, 0.2) is 0 Å².